The minimum absolute atomic E-state index is 0.261. The van der Waals surface area contributed by atoms with Crippen LogP contribution in [0, 0.1) is 24.4 Å². The van der Waals surface area contributed by atoms with Crippen LogP contribution in [0.4, 0.5) is 4.39 Å². The molecule has 0 aliphatic rings. The number of aromatic hydroxyl groups is 1. The van der Waals surface area contributed by atoms with Crippen LogP contribution in [0.15, 0.2) is 41.5 Å². The first-order valence-corrected chi connectivity index (χ1v) is 7.65. The zero-order valence-electron chi connectivity index (χ0n) is 13.1. The number of halogens is 1. The molecule has 3 aromatic rings. The summed E-state index contributed by atoms with van der Waals surface area (Å²) in [5, 5.41) is 20.8. The Labute approximate surface area is 143 Å². The van der Waals surface area contributed by atoms with Crippen LogP contribution in [-0.4, -0.2) is 26.2 Å². The molecule has 0 saturated heterocycles. The summed E-state index contributed by atoms with van der Waals surface area (Å²) in [6.45, 7) is 3.63. The van der Waals surface area contributed by atoms with Gasteiger partial charge in [-0.2, -0.15) is 14.9 Å². The van der Waals surface area contributed by atoms with Gasteiger partial charge in [-0.3, -0.25) is 0 Å². The van der Waals surface area contributed by atoms with Crippen LogP contribution in [0.2, 0.25) is 0 Å². The van der Waals surface area contributed by atoms with E-state index in [0.29, 0.717) is 11.4 Å². The van der Waals surface area contributed by atoms with Crippen LogP contribution in [-0.2, 0) is 0 Å². The molecule has 1 aromatic heterocycles. The molecule has 3 rings (SSSR count). The number of nitrogens with zero attached hydrogens (tertiary/aromatic N) is 3. The molecule has 122 valence electrons. The third-order valence-electron chi connectivity index (χ3n) is 3.60. The van der Waals surface area contributed by atoms with Crippen LogP contribution in [0.5, 0.6) is 5.75 Å². The summed E-state index contributed by atoms with van der Waals surface area (Å²) < 4.78 is 15.6. The molecule has 2 N–H and O–H groups in total. The Morgan fingerprint density at radius 3 is 2.58 bits per heavy atom. The van der Waals surface area contributed by atoms with Gasteiger partial charge in [-0.1, -0.05) is 12.1 Å². The molecule has 24 heavy (non-hydrogen) atoms. The summed E-state index contributed by atoms with van der Waals surface area (Å²) in [6.07, 6.45) is 1.59. The smallest absolute Gasteiger partial charge is 0.216 e. The first-order chi connectivity index (χ1) is 11.5. The number of phenolic OH excluding ortho intramolecular Hbond substituents is 1. The van der Waals surface area contributed by atoms with E-state index in [1.54, 1.807) is 36.5 Å². The van der Waals surface area contributed by atoms with Crippen LogP contribution in [0.3, 0.4) is 0 Å². The summed E-state index contributed by atoms with van der Waals surface area (Å²) in [6, 6.07) is 9.90. The third kappa shape index (κ3) is 2.98. The fourth-order valence-corrected chi connectivity index (χ4v) is 2.58. The number of phenols is 1. The lowest BCUT2D eigenvalue weighted by Crippen LogP contribution is -1.97. The quantitative estimate of drug-likeness (QED) is 0.559. The molecule has 7 heteroatoms. The van der Waals surface area contributed by atoms with Gasteiger partial charge in [0.15, 0.2) is 5.82 Å². The largest absolute Gasteiger partial charge is 0.507 e. The zero-order chi connectivity index (χ0) is 17.3. The number of nitrogens with one attached hydrogen (secondary N) is 1. The number of H-pyrrole nitrogens is 1. The highest BCUT2D eigenvalue weighted by molar-refractivity contribution is 7.71. The van der Waals surface area contributed by atoms with E-state index in [1.165, 1.54) is 10.7 Å². The standard InChI is InChI=1S/C17H15FN4OS/c1-10-7-12(8-11(2)15(10)23)9-19-22-16(20-21-17(22)24)13-5-3-4-6-14(13)18/h3-9,23H,1-2H3,(H,21,24)/b19-9+. The molecule has 0 aliphatic carbocycles. The Kier molecular flexibility index (Phi) is 4.26. The Bertz CT molecular complexity index is 967. The molecular formula is C17H15FN4OS. The highest BCUT2D eigenvalue weighted by atomic mass is 32.1. The molecule has 5 nitrogen and oxygen atoms in total. The second-order valence-electron chi connectivity index (χ2n) is 5.39. The van der Waals surface area contributed by atoms with Gasteiger partial charge in [-0.05, 0) is 67.0 Å². The lowest BCUT2D eigenvalue weighted by Gasteiger charge is -2.05. The predicted octanol–water partition coefficient (Wildman–Crippen LogP) is 3.95. The van der Waals surface area contributed by atoms with E-state index >= 15 is 0 Å². The van der Waals surface area contributed by atoms with Crippen LogP contribution in [0.25, 0.3) is 11.4 Å². The van der Waals surface area contributed by atoms with Crippen molar-refractivity contribution < 1.29 is 9.50 Å². The zero-order valence-corrected chi connectivity index (χ0v) is 13.9. The van der Waals surface area contributed by atoms with Crippen molar-refractivity contribution in [3.8, 4) is 17.1 Å². The molecule has 0 fully saturated rings. The van der Waals surface area contributed by atoms with Crippen molar-refractivity contribution in [1.82, 2.24) is 14.9 Å². The van der Waals surface area contributed by atoms with Gasteiger partial charge >= 0.3 is 0 Å². The maximum atomic E-state index is 14.0. The van der Waals surface area contributed by atoms with E-state index in [-0.39, 0.29) is 10.5 Å². The molecule has 0 amide bonds. The van der Waals surface area contributed by atoms with E-state index in [2.05, 4.69) is 15.3 Å². The Hall–Kier alpha value is -2.80. The van der Waals surface area contributed by atoms with Gasteiger partial charge in [0.2, 0.25) is 4.77 Å². The van der Waals surface area contributed by atoms with Gasteiger partial charge < -0.3 is 5.11 Å². The molecule has 0 bridgehead atoms. The summed E-state index contributed by atoms with van der Waals surface area (Å²) in [5.41, 5.74) is 2.61. The van der Waals surface area contributed by atoms with Gasteiger partial charge in [0, 0.05) is 0 Å². The van der Waals surface area contributed by atoms with Crippen molar-refractivity contribution in [3.05, 3.63) is 63.7 Å². The van der Waals surface area contributed by atoms with E-state index < -0.39 is 5.82 Å². The average molecular weight is 342 g/mol. The number of hydrogen-bond acceptors (Lipinski definition) is 4. The van der Waals surface area contributed by atoms with Gasteiger partial charge in [0.25, 0.3) is 0 Å². The molecular weight excluding hydrogens is 327 g/mol. The first-order valence-electron chi connectivity index (χ1n) is 7.24. The van der Waals surface area contributed by atoms with Crippen LogP contribution >= 0.6 is 12.2 Å². The van der Waals surface area contributed by atoms with Crippen molar-refractivity contribution in [1.29, 1.82) is 0 Å². The SMILES string of the molecule is Cc1cc(/C=N/n2c(-c3ccccc3F)n[nH]c2=S)cc(C)c1O. The predicted molar refractivity (Wildman–Crippen MR) is 93.4 cm³/mol. The van der Waals surface area contributed by atoms with Gasteiger partial charge in [-0.15, -0.1) is 0 Å². The van der Waals surface area contributed by atoms with E-state index in [0.717, 1.165) is 16.7 Å². The highest BCUT2D eigenvalue weighted by Crippen LogP contribution is 2.23. The van der Waals surface area contributed by atoms with Gasteiger partial charge in [0.05, 0.1) is 11.8 Å². The summed E-state index contributed by atoms with van der Waals surface area (Å²) >= 11 is 5.17. The lowest BCUT2D eigenvalue weighted by molar-refractivity contribution is 0.467. The van der Waals surface area contributed by atoms with Crippen molar-refractivity contribution in [3.63, 3.8) is 0 Å². The fourth-order valence-electron chi connectivity index (χ4n) is 2.40. The molecule has 0 unspecified atom stereocenters. The normalized spacial score (nSPS) is 11.3. The number of benzene rings is 2. The topological polar surface area (TPSA) is 66.2 Å². The van der Waals surface area contributed by atoms with Crippen molar-refractivity contribution in [2.75, 3.05) is 0 Å². The number of aryl methyl sites for hydroxylation is 2. The number of aromatic nitrogens is 3. The second kappa shape index (κ2) is 6.37. The van der Waals surface area contributed by atoms with E-state index in [4.69, 9.17) is 12.2 Å². The maximum Gasteiger partial charge on any atom is 0.216 e. The molecule has 0 saturated carbocycles. The molecule has 0 aliphatic heterocycles. The molecule has 0 spiro atoms. The van der Waals surface area contributed by atoms with Gasteiger partial charge in [-0.25, -0.2) is 9.49 Å². The van der Waals surface area contributed by atoms with Crippen LogP contribution in [0.1, 0.15) is 16.7 Å². The number of rotatable bonds is 3. The van der Waals surface area contributed by atoms with E-state index in [1.807, 2.05) is 13.8 Å². The fraction of sp³-hybridized carbons (Fsp3) is 0.118. The molecule has 0 atom stereocenters. The lowest BCUT2D eigenvalue weighted by atomic mass is 10.1. The summed E-state index contributed by atoms with van der Waals surface area (Å²) in [4.78, 5) is 0. The van der Waals surface area contributed by atoms with Crippen molar-refractivity contribution in [2.45, 2.75) is 13.8 Å². The van der Waals surface area contributed by atoms with E-state index in [9.17, 15) is 9.50 Å². The van der Waals surface area contributed by atoms with Crippen molar-refractivity contribution in [2.24, 2.45) is 5.10 Å². The molecule has 0 radical (unpaired) electrons. The summed E-state index contributed by atoms with van der Waals surface area (Å²) in [5.74, 6) is 0.153. The Balaban J connectivity index is 2.04. The number of hydrogen-bond donors (Lipinski definition) is 2. The molecule has 2 aromatic carbocycles. The second-order valence-corrected chi connectivity index (χ2v) is 5.78. The summed E-state index contributed by atoms with van der Waals surface area (Å²) in [7, 11) is 0. The van der Waals surface area contributed by atoms with Crippen molar-refractivity contribution >= 4 is 18.4 Å². The first kappa shape index (κ1) is 16.1. The third-order valence-corrected chi connectivity index (χ3v) is 3.87. The van der Waals surface area contributed by atoms with Crippen LogP contribution < -0.4 is 0 Å². The van der Waals surface area contributed by atoms with Gasteiger partial charge in [0.1, 0.15) is 11.6 Å². The average Bonchev–Trinajstić information content (AvgIpc) is 2.91. The Morgan fingerprint density at radius 1 is 1.25 bits per heavy atom. The monoisotopic (exact) mass is 342 g/mol. The maximum absolute atomic E-state index is 14.0. The molecule has 1 heterocycles. The Morgan fingerprint density at radius 2 is 1.92 bits per heavy atom. The minimum atomic E-state index is -0.403. The minimum Gasteiger partial charge on any atom is -0.507 e. The number of aromatic amines is 1. The highest BCUT2D eigenvalue weighted by Gasteiger charge is 2.12.